The van der Waals surface area contributed by atoms with Gasteiger partial charge in [0.15, 0.2) is 0 Å². The number of nitrogens with one attached hydrogen (secondary N) is 3. The van der Waals surface area contributed by atoms with Crippen molar-refractivity contribution in [1.82, 2.24) is 15.3 Å². The van der Waals surface area contributed by atoms with Crippen molar-refractivity contribution in [2.75, 3.05) is 18.4 Å². The van der Waals surface area contributed by atoms with Crippen molar-refractivity contribution in [3.63, 3.8) is 0 Å². The number of anilines is 1. The van der Waals surface area contributed by atoms with Crippen molar-refractivity contribution >= 4 is 11.9 Å². The van der Waals surface area contributed by atoms with Crippen molar-refractivity contribution in [3.8, 4) is 0 Å². The van der Waals surface area contributed by atoms with Gasteiger partial charge in [-0.2, -0.15) is 0 Å². The highest BCUT2D eigenvalue weighted by Crippen LogP contribution is 2.16. The fraction of sp³-hybridized carbons (Fsp3) is 0.583. The van der Waals surface area contributed by atoms with Crippen molar-refractivity contribution in [3.05, 3.63) is 21.6 Å². The molecule has 0 unspecified atom stereocenters. The number of aromatic amines is 1. The van der Waals surface area contributed by atoms with E-state index in [-0.39, 0.29) is 11.5 Å². The molecule has 6 heteroatoms. The van der Waals surface area contributed by atoms with E-state index in [2.05, 4.69) is 20.6 Å². The van der Waals surface area contributed by atoms with Gasteiger partial charge >= 0.3 is 0 Å². The number of hydrogen-bond donors (Lipinski definition) is 3. The third kappa shape index (κ3) is 3.09. The third-order valence-corrected chi connectivity index (χ3v) is 2.98. The summed E-state index contributed by atoms with van der Waals surface area (Å²) in [6, 6.07) is 0. The second kappa shape index (κ2) is 5.66. The van der Waals surface area contributed by atoms with Crippen LogP contribution in [0.5, 0.6) is 0 Å². The highest BCUT2D eigenvalue weighted by molar-refractivity contribution is 5.72. The Morgan fingerprint density at radius 1 is 1.33 bits per heavy atom. The standard InChI is InChI=1S/C12H18N4O2/c1-8(17)13-6-7-14-12-15-10-5-3-2-4-9(10)11(18)16-12/h2-7H2,1H3,(H,13,17)(H2,14,15,16,18). The Hall–Kier alpha value is -1.85. The number of H-pyrrole nitrogens is 1. The number of carbonyl (C=O) groups excluding carboxylic acids is 1. The molecule has 1 aliphatic carbocycles. The summed E-state index contributed by atoms with van der Waals surface area (Å²) < 4.78 is 0. The van der Waals surface area contributed by atoms with E-state index in [0.29, 0.717) is 19.0 Å². The van der Waals surface area contributed by atoms with Gasteiger partial charge in [0, 0.05) is 25.6 Å². The Bertz CT molecular complexity index is 495. The van der Waals surface area contributed by atoms with Crippen molar-refractivity contribution in [2.24, 2.45) is 0 Å². The predicted molar refractivity (Wildman–Crippen MR) is 68.7 cm³/mol. The molecular weight excluding hydrogens is 232 g/mol. The van der Waals surface area contributed by atoms with Crippen LogP contribution in [0.4, 0.5) is 5.95 Å². The fourth-order valence-electron chi connectivity index (χ4n) is 2.11. The molecule has 0 atom stereocenters. The summed E-state index contributed by atoms with van der Waals surface area (Å²) in [7, 11) is 0. The Kier molecular flexibility index (Phi) is 3.96. The molecule has 1 amide bonds. The number of fused-ring (bicyclic) bond motifs is 1. The first-order chi connectivity index (χ1) is 8.66. The lowest BCUT2D eigenvalue weighted by Crippen LogP contribution is -2.28. The number of rotatable bonds is 4. The summed E-state index contributed by atoms with van der Waals surface area (Å²) in [4.78, 5) is 29.7. The maximum absolute atomic E-state index is 11.8. The van der Waals surface area contributed by atoms with Gasteiger partial charge in [0.1, 0.15) is 0 Å². The molecule has 18 heavy (non-hydrogen) atoms. The number of hydrogen-bond acceptors (Lipinski definition) is 4. The summed E-state index contributed by atoms with van der Waals surface area (Å²) in [6.45, 7) is 2.52. The topological polar surface area (TPSA) is 86.9 Å². The van der Waals surface area contributed by atoms with Crippen LogP contribution in [0.2, 0.25) is 0 Å². The van der Waals surface area contributed by atoms with E-state index < -0.39 is 0 Å². The summed E-state index contributed by atoms with van der Waals surface area (Å²) in [5, 5.41) is 5.68. The molecule has 0 saturated heterocycles. The minimum Gasteiger partial charge on any atom is -0.355 e. The Balaban J connectivity index is 1.99. The van der Waals surface area contributed by atoms with Crippen molar-refractivity contribution < 1.29 is 4.79 Å². The first-order valence-electron chi connectivity index (χ1n) is 6.27. The first-order valence-corrected chi connectivity index (χ1v) is 6.27. The molecule has 1 aromatic heterocycles. The molecular formula is C12H18N4O2. The Morgan fingerprint density at radius 3 is 2.89 bits per heavy atom. The molecule has 0 fully saturated rings. The van der Waals surface area contributed by atoms with E-state index in [1.54, 1.807) is 0 Å². The maximum Gasteiger partial charge on any atom is 0.255 e. The van der Waals surface area contributed by atoms with Crippen LogP contribution in [-0.4, -0.2) is 29.0 Å². The van der Waals surface area contributed by atoms with Gasteiger partial charge in [0.2, 0.25) is 11.9 Å². The van der Waals surface area contributed by atoms with Gasteiger partial charge in [0.25, 0.3) is 5.56 Å². The van der Waals surface area contributed by atoms with Crippen LogP contribution in [0.1, 0.15) is 31.0 Å². The first kappa shape index (κ1) is 12.6. The van der Waals surface area contributed by atoms with Gasteiger partial charge < -0.3 is 10.6 Å². The van der Waals surface area contributed by atoms with Crippen molar-refractivity contribution in [2.45, 2.75) is 32.6 Å². The van der Waals surface area contributed by atoms with Crippen LogP contribution in [-0.2, 0) is 17.6 Å². The van der Waals surface area contributed by atoms with Crippen LogP contribution in [0.25, 0.3) is 0 Å². The number of nitrogens with zero attached hydrogens (tertiary/aromatic N) is 1. The zero-order valence-electron chi connectivity index (χ0n) is 10.5. The van der Waals surface area contributed by atoms with Gasteiger partial charge in [-0.15, -0.1) is 0 Å². The Labute approximate surface area is 105 Å². The van der Waals surface area contributed by atoms with E-state index in [9.17, 15) is 9.59 Å². The molecule has 0 saturated carbocycles. The van der Waals surface area contributed by atoms with Gasteiger partial charge in [-0.3, -0.25) is 14.6 Å². The molecule has 6 nitrogen and oxygen atoms in total. The lowest BCUT2D eigenvalue weighted by atomic mass is 9.97. The quantitative estimate of drug-likeness (QED) is 0.666. The molecule has 0 aliphatic heterocycles. The van der Waals surface area contributed by atoms with Crippen LogP contribution in [0, 0.1) is 0 Å². The van der Waals surface area contributed by atoms with Crippen LogP contribution in [0.15, 0.2) is 4.79 Å². The van der Waals surface area contributed by atoms with Crippen LogP contribution in [0.3, 0.4) is 0 Å². The van der Waals surface area contributed by atoms with E-state index in [0.717, 1.165) is 36.9 Å². The fourth-order valence-corrected chi connectivity index (χ4v) is 2.11. The summed E-state index contributed by atoms with van der Waals surface area (Å²) in [6.07, 6.45) is 3.85. The molecule has 98 valence electrons. The van der Waals surface area contributed by atoms with Gasteiger partial charge in [-0.25, -0.2) is 4.98 Å². The average Bonchev–Trinajstić information content (AvgIpc) is 2.35. The van der Waals surface area contributed by atoms with E-state index in [1.807, 2.05) is 0 Å². The minimum absolute atomic E-state index is 0.0401. The summed E-state index contributed by atoms with van der Waals surface area (Å²) >= 11 is 0. The molecule has 1 aliphatic rings. The molecule has 1 heterocycles. The Morgan fingerprint density at radius 2 is 2.11 bits per heavy atom. The lowest BCUT2D eigenvalue weighted by molar-refractivity contribution is -0.118. The van der Waals surface area contributed by atoms with Gasteiger partial charge in [0.05, 0.1) is 5.69 Å². The van der Waals surface area contributed by atoms with E-state index in [4.69, 9.17) is 0 Å². The zero-order chi connectivity index (χ0) is 13.0. The smallest absolute Gasteiger partial charge is 0.255 e. The minimum atomic E-state index is -0.0660. The van der Waals surface area contributed by atoms with E-state index in [1.165, 1.54) is 6.92 Å². The highest BCUT2D eigenvalue weighted by atomic mass is 16.1. The molecule has 0 radical (unpaired) electrons. The number of amides is 1. The van der Waals surface area contributed by atoms with E-state index >= 15 is 0 Å². The third-order valence-electron chi connectivity index (χ3n) is 2.98. The molecule has 0 bridgehead atoms. The summed E-state index contributed by atoms with van der Waals surface area (Å²) in [5.41, 5.74) is 1.70. The molecule has 2 rings (SSSR count). The SMILES string of the molecule is CC(=O)NCCNc1nc2c(c(=O)[nH]1)CCCC2. The molecule has 0 aromatic carbocycles. The monoisotopic (exact) mass is 250 g/mol. The number of aryl methyl sites for hydroxylation is 1. The predicted octanol–water partition coefficient (Wildman–Crippen LogP) is 0.197. The average molecular weight is 250 g/mol. The van der Waals surface area contributed by atoms with Gasteiger partial charge in [-0.1, -0.05) is 0 Å². The second-order valence-electron chi connectivity index (χ2n) is 4.46. The number of aromatic nitrogens is 2. The largest absolute Gasteiger partial charge is 0.355 e. The maximum atomic E-state index is 11.8. The molecule has 1 aromatic rings. The zero-order valence-corrected chi connectivity index (χ0v) is 10.5. The van der Waals surface area contributed by atoms with Crippen LogP contribution >= 0.6 is 0 Å². The van der Waals surface area contributed by atoms with Gasteiger partial charge in [-0.05, 0) is 25.7 Å². The highest BCUT2D eigenvalue weighted by Gasteiger charge is 2.15. The van der Waals surface area contributed by atoms with Crippen LogP contribution < -0.4 is 16.2 Å². The lowest BCUT2D eigenvalue weighted by Gasteiger charge is -2.15. The van der Waals surface area contributed by atoms with Crippen molar-refractivity contribution in [1.29, 1.82) is 0 Å². The number of carbonyl (C=O) groups is 1. The normalized spacial score (nSPS) is 13.8. The molecule has 3 N–H and O–H groups in total. The molecule has 0 spiro atoms. The summed E-state index contributed by atoms with van der Waals surface area (Å²) in [5.74, 6) is 0.426. The second-order valence-corrected chi connectivity index (χ2v) is 4.46.